The molecule has 0 aromatic carbocycles. The van der Waals surface area contributed by atoms with E-state index in [0.29, 0.717) is 18.5 Å². The molecule has 2 heterocycles. The van der Waals surface area contributed by atoms with E-state index in [9.17, 15) is 18.0 Å². The zero-order valence-electron chi connectivity index (χ0n) is 13.7. The Labute approximate surface area is 136 Å². The topological polar surface area (TPSA) is 99.3 Å². The highest BCUT2D eigenvalue weighted by atomic mass is 32.2. The predicted octanol–water partition coefficient (Wildman–Crippen LogP) is 0.422. The number of hydrogen-bond donors (Lipinski definition) is 2. The molecule has 1 atom stereocenters. The Hall–Kier alpha value is -1.67. The van der Waals surface area contributed by atoms with E-state index in [2.05, 4.69) is 10.3 Å². The maximum atomic E-state index is 12.4. The minimum absolute atomic E-state index is 0.0916. The molecule has 23 heavy (non-hydrogen) atoms. The number of nitrogens with one attached hydrogen (secondary N) is 2. The Morgan fingerprint density at radius 2 is 2.09 bits per heavy atom. The van der Waals surface area contributed by atoms with Gasteiger partial charge in [0.25, 0.3) is 5.56 Å². The van der Waals surface area contributed by atoms with Crippen LogP contribution in [0, 0.1) is 13.8 Å². The summed E-state index contributed by atoms with van der Waals surface area (Å²) in [7, 11) is -3.42. The van der Waals surface area contributed by atoms with Crippen molar-refractivity contribution in [2.75, 3.05) is 12.8 Å². The average molecular weight is 341 g/mol. The molecule has 2 N–H and O–H groups in total. The number of piperidine rings is 1. The standard InChI is InChI=1S/C15H23N3O4S/c1-10-8-11(2)17-14(19)12(10)9-16-15(20)13-6-4-5-7-18(13)23(3,21)22/h8,13H,4-7,9H2,1-3H3,(H,16,20)(H,17,19)/t13-/m1/s1. The highest BCUT2D eigenvalue weighted by Crippen LogP contribution is 2.20. The van der Waals surface area contributed by atoms with Crippen LogP contribution in [0.1, 0.15) is 36.1 Å². The maximum Gasteiger partial charge on any atom is 0.253 e. The van der Waals surface area contributed by atoms with Crippen LogP contribution in [0.25, 0.3) is 0 Å². The number of carbonyl (C=O) groups excluding carboxylic acids is 1. The van der Waals surface area contributed by atoms with Crippen LogP contribution in [-0.4, -0.2) is 42.5 Å². The van der Waals surface area contributed by atoms with Gasteiger partial charge in [0.1, 0.15) is 6.04 Å². The zero-order valence-corrected chi connectivity index (χ0v) is 14.5. The summed E-state index contributed by atoms with van der Waals surface area (Å²) >= 11 is 0. The minimum Gasteiger partial charge on any atom is -0.350 e. The number of carbonyl (C=O) groups is 1. The van der Waals surface area contributed by atoms with Gasteiger partial charge in [-0.25, -0.2) is 8.42 Å². The summed E-state index contributed by atoms with van der Waals surface area (Å²) in [6.07, 6.45) is 3.19. The molecule has 0 bridgehead atoms. The molecule has 1 aliphatic heterocycles. The fourth-order valence-electron chi connectivity index (χ4n) is 2.96. The largest absolute Gasteiger partial charge is 0.350 e. The first-order valence-corrected chi connectivity index (χ1v) is 9.49. The first-order valence-electron chi connectivity index (χ1n) is 7.64. The lowest BCUT2D eigenvalue weighted by atomic mass is 10.0. The smallest absolute Gasteiger partial charge is 0.253 e. The van der Waals surface area contributed by atoms with Crippen LogP contribution >= 0.6 is 0 Å². The third-order valence-corrected chi connectivity index (χ3v) is 5.40. The van der Waals surface area contributed by atoms with Crippen molar-refractivity contribution in [3.8, 4) is 0 Å². The van der Waals surface area contributed by atoms with Crippen molar-refractivity contribution in [3.05, 3.63) is 33.2 Å². The number of aryl methyl sites for hydroxylation is 2. The number of rotatable bonds is 4. The minimum atomic E-state index is -3.42. The van der Waals surface area contributed by atoms with Gasteiger partial charge in [-0.15, -0.1) is 0 Å². The first-order chi connectivity index (χ1) is 10.7. The van der Waals surface area contributed by atoms with Gasteiger partial charge in [0.15, 0.2) is 0 Å². The van der Waals surface area contributed by atoms with Gasteiger partial charge in [-0.3, -0.25) is 9.59 Å². The number of aromatic amines is 1. The third kappa shape index (κ3) is 4.20. The highest BCUT2D eigenvalue weighted by Gasteiger charge is 2.34. The van der Waals surface area contributed by atoms with Crippen LogP contribution in [0.3, 0.4) is 0 Å². The molecule has 0 saturated carbocycles. The Balaban J connectivity index is 2.11. The fraction of sp³-hybridized carbons (Fsp3) is 0.600. The molecule has 7 nitrogen and oxygen atoms in total. The van der Waals surface area contributed by atoms with Gasteiger partial charge in [0.2, 0.25) is 15.9 Å². The quantitative estimate of drug-likeness (QED) is 0.829. The molecule has 2 rings (SSSR count). The molecule has 1 fully saturated rings. The lowest BCUT2D eigenvalue weighted by Gasteiger charge is -2.32. The van der Waals surface area contributed by atoms with Crippen molar-refractivity contribution in [1.29, 1.82) is 0 Å². The Morgan fingerprint density at radius 3 is 2.70 bits per heavy atom. The first kappa shape index (κ1) is 17.7. The van der Waals surface area contributed by atoms with E-state index in [1.807, 2.05) is 13.0 Å². The summed E-state index contributed by atoms with van der Waals surface area (Å²) in [5.74, 6) is -0.352. The van der Waals surface area contributed by atoms with Crippen molar-refractivity contribution >= 4 is 15.9 Å². The fourth-order valence-corrected chi connectivity index (χ4v) is 4.08. The number of sulfonamides is 1. The Kier molecular flexibility index (Phi) is 5.26. The van der Waals surface area contributed by atoms with Gasteiger partial charge >= 0.3 is 0 Å². The molecule has 1 aromatic rings. The summed E-state index contributed by atoms with van der Waals surface area (Å²) in [5.41, 5.74) is 1.82. The molecule has 0 radical (unpaired) electrons. The average Bonchev–Trinajstić information content (AvgIpc) is 2.45. The second-order valence-corrected chi connectivity index (χ2v) is 7.98. The maximum absolute atomic E-state index is 12.4. The predicted molar refractivity (Wildman–Crippen MR) is 87.6 cm³/mol. The molecule has 1 saturated heterocycles. The van der Waals surface area contributed by atoms with Gasteiger partial charge in [-0.05, 0) is 38.3 Å². The third-order valence-electron chi connectivity index (χ3n) is 4.12. The second kappa shape index (κ2) is 6.84. The van der Waals surface area contributed by atoms with Crippen LogP contribution in [0.4, 0.5) is 0 Å². The Morgan fingerprint density at radius 1 is 1.39 bits per heavy atom. The van der Waals surface area contributed by atoms with Crippen molar-refractivity contribution in [2.24, 2.45) is 0 Å². The van der Waals surface area contributed by atoms with Crippen LogP contribution in [0.15, 0.2) is 10.9 Å². The molecular weight excluding hydrogens is 318 g/mol. The number of amides is 1. The summed E-state index contributed by atoms with van der Waals surface area (Å²) in [4.78, 5) is 27.1. The van der Waals surface area contributed by atoms with Gasteiger partial charge in [-0.1, -0.05) is 6.42 Å². The second-order valence-electron chi connectivity index (χ2n) is 6.05. The number of nitrogens with zero attached hydrogens (tertiary/aromatic N) is 1. The van der Waals surface area contributed by atoms with Crippen molar-refractivity contribution < 1.29 is 13.2 Å². The number of pyridine rings is 1. The van der Waals surface area contributed by atoms with Crippen molar-refractivity contribution in [3.63, 3.8) is 0 Å². The van der Waals surface area contributed by atoms with E-state index in [1.54, 1.807) is 6.92 Å². The number of aromatic nitrogens is 1. The van der Waals surface area contributed by atoms with Crippen molar-refractivity contribution in [2.45, 2.75) is 45.7 Å². The summed E-state index contributed by atoms with van der Waals surface area (Å²) in [5, 5.41) is 2.71. The lowest BCUT2D eigenvalue weighted by molar-refractivity contribution is -0.125. The van der Waals surface area contributed by atoms with E-state index in [0.717, 1.165) is 30.4 Å². The van der Waals surface area contributed by atoms with E-state index in [4.69, 9.17) is 0 Å². The number of H-pyrrole nitrogens is 1. The molecule has 8 heteroatoms. The van der Waals surface area contributed by atoms with Gasteiger partial charge in [0.05, 0.1) is 6.26 Å². The SMILES string of the molecule is Cc1cc(C)c(CNC(=O)[C@H]2CCCCN2S(C)(=O)=O)c(=O)[nH]1. The normalized spacial score (nSPS) is 19.5. The zero-order chi connectivity index (χ0) is 17.2. The highest BCUT2D eigenvalue weighted by molar-refractivity contribution is 7.88. The summed E-state index contributed by atoms with van der Waals surface area (Å²) in [6, 6.07) is 1.15. The molecule has 0 aliphatic carbocycles. The van der Waals surface area contributed by atoms with Crippen LogP contribution < -0.4 is 10.9 Å². The van der Waals surface area contributed by atoms with Gasteiger partial charge < -0.3 is 10.3 Å². The van der Waals surface area contributed by atoms with E-state index < -0.39 is 16.1 Å². The van der Waals surface area contributed by atoms with E-state index in [-0.39, 0.29) is 18.0 Å². The van der Waals surface area contributed by atoms with Crippen LogP contribution in [0.2, 0.25) is 0 Å². The Bertz CT molecular complexity index is 754. The number of hydrogen-bond acceptors (Lipinski definition) is 4. The van der Waals surface area contributed by atoms with Crippen LogP contribution in [0.5, 0.6) is 0 Å². The van der Waals surface area contributed by atoms with Gasteiger partial charge in [0, 0.05) is 24.3 Å². The molecule has 0 spiro atoms. The monoisotopic (exact) mass is 341 g/mol. The van der Waals surface area contributed by atoms with Crippen LogP contribution in [-0.2, 0) is 21.4 Å². The molecule has 1 aromatic heterocycles. The van der Waals surface area contributed by atoms with E-state index in [1.165, 1.54) is 4.31 Å². The lowest BCUT2D eigenvalue weighted by Crippen LogP contribution is -2.51. The van der Waals surface area contributed by atoms with Crippen molar-refractivity contribution in [1.82, 2.24) is 14.6 Å². The molecule has 128 valence electrons. The molecule has 1 aliphatic rings. The molecular formula is C15H23N3O4S. The summed E-state index contributed by atoms with van der Waals surface area (Å²) < 4.78 is 24.9. The molecule has 1 amide bonds. The van der Waals surface area contributed by atoms with Gasteiger partial charge in [-0.2, -0.15) is 4.31 Å². The van der Waals surface area contributed by atoms with E-state index >= 15 is 0 Å². The summed E-state index contributed by atoms with van der Waals surface area (Å²) in [6.45, 7) is 4.06. The molecule has 0 unspecified atom stereocenters.